The Morgan fingerprint density at radius 2 is 2.00 bits per heavy atom. The van der Waals surface area contributed by atoms with E-state index in [0.29, 0.717) is 10.7 Å². The molecule has 0 atom stereocenters. The van der Waals surface area contributed by atoms with E-state index in [1.54, 1.807) is 35.9 Å². The van der Waals surface area contributed by atoms with Crippen molar-refractivity contribution in [1.29, 1.82) is 0 Å². The smallest absolute Gasteiger partial charge is 0.275 e. The molecule has 0 unspecified atom stereocenters. The van der Waals surface area contributed by atoms with E-state index >= 15 is 0 Å². The predicted molar refractivity (Wildman–Crippen MR) is 74.2 cm³/mol. The van der Waals surface area contributed by atoms with Gasteiger partial charge in [0.05, 0.1) is 5.69 Å². The van der Waals surface area contributed by atoms with Gasteiger partial charge in [0.1, 0.15) is 11.3 Å². The molecule has 0 saturated carbocycles. The predicted octanol–water partition coefficient (Wildman–Crippen LogP) is 2.03. The molecule has 5 nitrogen and oxygen atoms in total. The summed E-state index contributed by atoms with van der Waals surface area (Å²) in [7, 11) is 0. The fraction of sp³-hybridized carbons (Fsp3) is 0. The second-order valence-corrected chi connectivity index (χ2v) is 4.69. The number of phenolic OH excluding ortho intramolecular Hbond substituents is 1. The van der Waals surface area contributed by atoms with Crippen molar-refractivity contribution >= 4 is 28.4 Å². The Morgan fingerprint density at radius 3 is 2.79 bits per heavy atom. The molecule has 19 heavy (non-hydrogen) atoms. The highest BCUT2D eigenvalue weighted by Crippen LogP contribution is 2.12. The largest absolute Gasteiger partial charge is 0.508 e. The van der Waals surface area contributed by atoms with Crippen LogP contribution in [-0.4, -0.2) is 19.7 Å². The van der Waals surface area contributed by atoms with E-state index in [1.165, 1.54) is 21.9 Å². The van der Waals surface area contributed by atoms with Gasteiger partial charge in [-0.2, -0.15) is 9.61 Å². The SMILES string of the molecule is O=c1cc(C=Cc2ccc(O)cc2)nc2scnn12. The number of rotatable bonds is 2. The minimum absolute atomic E-state index is 0.198. The fourth-order valence-corrected chi connectivity index (χ4v) is 2.26. The van der Waals surface area contributed by atoms with Gasteiger partial charge in [-0.3, -0.25) is 4.79 Å². The first-order valence-corrected chi connectivity index (χ1v) is 6.41. The molecule has 0 aliphatic heterocycles. The maximum absolute atomic E-state index is 11.7. The zero-order valence-electron chi connectivity index (χ0n) is 9.72. The number of aromatic hydroxyl groups is 1. The van der Waals surface area contributed by atoms with Crippen LogP contribution in [0.3, 0.4) is 0 Å². The van der Waals surface area contributed by atoms with Crippen LogP contribution in [0.1, 0.15) is 11.3 Å². The van der Waals surface area contributed by atoms with Crippen molar-refractivity contribution in [3.8, 4) is 5.75 Å². The van der Waals surface area contributed by atoms with Crippen molar-refractivity contribution < 1.29 is 5.11 Å². The maximum atomic E-state index is 11.7. The van der Waals surface area contributed by atoms with Gasteiger partial charge in [-0.25, -0.2) is 4.98 Å². The Morgan fingerprint density at radius 1 is 1.21 bits per heavy atom. The van der Waals surface area contributed by atoms with Crippen LogP contribution in [0.15, 0.2) is 40.6 Å². The van der Waals surface area contributed by atoms with Crippen LogP contribution < -0.4 is 5.56 Å². The first-order valence-electron chi connectivity index (χ1n) is 5.53. The van der Waals surface area contributed by atoms with Crippen molar-refractivity contribution in [2.75, 3.05) is 0 Å². The summed E-state index contributed by atoms with van der Waals surface area (Å²) in [6.45, 7) is 0. The summed E-state index contributed by atoms with van der Waals surface area (Å²) in [5, 5.41) is 13.1. The lowest BCUT2D eigenvalue weighted by molar-refractivity contribution is 0.475. The summed E-state index contributed by atoms with van der Waals surface area (Å²) in [5.74, 6) is 0.222. The van der Waals surface area contributed by atoms with Crippen molar-refractivity contribution in [1.82, 2.24) is 14.6 Å². The molecule has 0 aliphatic rings. The van der Waals surface area contributed by atoms with E-state index in [9.17, 15) is 9.90 Å². The van der Waals surface area contributed by atoms with Gasteiger partial charge in [0.25, 0.3) is 5.56 Å². The van der Waals surface area contributed by atoms with Gasteiger partial charge in [0.2, 0.25) is 4.96 Å². The molecule has 3 rings (SSSR count). The molecule has 0 bridgehead atoms. The Hall–Kier alpha value is -2.47. The quantitative estimate of drug-likeness (QED) is 0.774. The zero-order chi connectivity index (χ0) is 13.2. The molecule has 1 aromatic carbocycles. The van der Waals surface area contributed by atoms with Gasteiger partial charge in [0, 0.05) is 6.07 Å². The van der Waals surface area contributed by atoms with Crippen molar-refractivity contribution in [3.05, 3.63) is 57.5 Å². The Labute approximate surface area is 112 Å². The molecule has 94 valence electrons. The van der Waals surface area contributed by atoms with Crippen molar-refractivity contribution in [3.63, 3.8) is 0 Å². The average Bonchev–Trinajstić information content (AvgIpc) is 2.87. The summed E-state index contributed by atoms with van der Waals surface area (Å²) in [4.78, 5) is 16.6. The summed E-state index contributed by atoms with van der Waals surface area (Å²) in [6.07, 6.45) is 3.59. The molecule has 2 aromatic heterocycles. The number of benzene rings is 1. The van der Waals surface area contributed by atoms with Crippen molar-refractivity contribution in [2.45, 2.75) is 0 Å². The second-order valence-electron chi connectivity index (χ2n) is 3.88. The number of hydrogen-bond acceptors (Lipinski definition) is 5. The Balaban J connectivity index is 1.96. The minimum Gasteiger partial charge on any atom is -0.508 e. The molecule has 3 aromatic rings. The van der Waals surface area contributed by atoms with E-state index in [0.717, 1.165) is 5.56 Å². The molecule has 0 amide bonds. The van der Waals surface area contributed by atoms with Crippen LogP contribution in [0.5, 0.6) is 5.75 Å². The number of hydrogen-bond donors (Lipinski definition) is 1. The topological polar surface area (TPSA) is 67.5 Å². The van der Waals surface area contributed by atoms with Crippen molar-refractivity contribution in [2.24, 2.45) is 0 Å². The summed E-state index contributed by atoms with van der Waals surface area (Å²) >= 11 is 1.31. The van der Waals surface area contributed by atoms with Crippen LogP contribution in [0, 0.1) is 0 Å². The van der Waals surface area contributed by atoms with Gasteiger partial charge in [-0.05, 0) is 23.8 Å². The Kier molecular flexibility index (Phi) is 2.85. The highest BCUT2D eigenvalue weighted by atomic mass is 32.1. The lowest BCUT2D eigenvalue weighted by atomic mass is 10.2. The highest BCUT2D eigenvalue weighted by molar-refractivity contribution is 7.14. The molecule has 0 aliphatic carbocycles. The summed E-state index contributed by atoms with van der Waals surface area (Å²) in [5.41, 5.74) is 2.89. The third-order valence-electron chi connectivity index (χ3n) is 2.55. The summed E-state index contributed by atoms with van der Waals surface area (Å²) < 4.78 is 1.27. The van der Waals surface area contributed by atoms with Crippen LogP contribution >= 0.6 is 11.3 Å². The number of phenols is 1. The van der Waals surface area contributed by atoms with E-state index in [2.05, 4.69) is 10.1 Å². The first-order chi connectivity index (χ1) is 9.22. The highest BCUT2D eigenvalue weighted by Gasteiger charge is 2.01. The van der Waals surface area contributed by atoms with Gasteiger partial charge >= 0.3 is 0 Å². The van der Waals surface area contributed by atoms with E-state index in [-0.39, 0.29) is 11.3 Å². The monoisotopic (exact) mass is 271 g/mol. The molecular weight excluding hydrogens is 262 g/mol. The van der Waals surface area contributed by atoms with E-state index < -0.39 is 0 Å². The standard InChI is InChI=1S/C13H9N3O2S/c17-11-5-2-9(3-6-11)1-4-10-7-12(18)16-13(15-10)19-8-14-16/h1-8,17H. The van der Waals surface area contributed by atoms with Gasteiger partial charge in [-0.15, -0.1) is 0 Å². The second kappa shape index (κ2) is 4.66. The average molecular weight is 271 g/mol. The third kappa shape index (κ3) is 2.38. The normalized spacial score (nSPS) is 11.4. The van der Waals surface area contributed by atoms with Gasteiger partial charge in [0.15, 0.2) is 0 Å². The minimum atomic E-state index is -0.198. The lowest BCUT2D eigenvalue weighted by Gasteiger charge is -1.95. The van der Waals surface area contributed by atoms with E-state index in [1.807, 2.05) is 6.08 Å². The zero-order valence-corrected chi connectivity index (χ0v) is 10.5. The molecule has 0 saturated heterocycles. The fourth-order valence-electron chi connectivity index (χ4n) is 1.62. The molecule has 2 heterocycles. The molecule has 0 radical (unpaired) electrons. The Bertz CT molecular complexity index is 803. The number of fused-ring (bicyclic) bond motifs is 1. The number of aromatic nitrogens is 3. The number of nitrogens with zero attached hydrogens (tertiary/aromatic N) is 3. The van der Waals surface area contributed by atoms with Crippen LogP contribution in [0.2, 0.25) is 0 Å². The van der Waals surface area contributed by atoms with Gasteiger partial charge in [-0.1, -0.05) is 29.5 Å². The molecule has 1 N–H and O–H groups in total. The maximum Gasteiger partial charge on any atom is 0.275 e. The molecule has 0 fully saturated rings. The van der Waals surface area contributed by atoms with E-state index in [4.69, 9.17) is 0 Å². The van der Waals surface area contributed by atoms with Crippen LogP contribution in [0.25, 0.3) is 17.1 Å². The molecule has 6 heteroatoms. The molecule has 0 spiro atoms. The van der Waals surface area contributed by atoms with Crippen LogP contribution in [-0.2, 0) is 0 Å². The third-order valence-corrected chi connectivity index (χ3v) is 3.22. The van der Waals surface area contributed by atoms with Gasteiger partial charge < -0.3 is 5.11 Å². The molecular formula is C13H9N3O2S. The van der Waals surface area contributed by atoms with Crippen LogP contribution in [0.4, 0.5) is 0 Å². The lowest BCUT2D eigenvalue weighted by Crippen LogP contribution is -2.13. The summed E-state index contributed by atoms with van der Waals surface area (Å²) in [6, 6.07) is 8.21. The first kappa shape index (κ1) is 11.6.